The average Bonchev–Trinajstić information content (AvgIpc) is 2.99. The molecule has 0 bridgehead atoms. The molecule has 1 aromatic carbocycles. The first-order chi connectivity index (χ1) is 12.8. The first-order valence-electron chi connectivity index (χ1n) is 9.09. The Kier molecular flexibility index (Phi) is 4.52. The van der Waals surface area contributed by atoms with Crippen LogP contribution in [0.15, 0.2) is 17.0 Å². The van der Waals surface area contributed by atoms with Gasteiger partial charge in [-0.15, -0.1) is 0 Å². The molecule has 3 aliphatic rings. The van der Waals surface area contributed by atoms with E-state index >= 15 is 0 Å². The number of rotatable bonds is 2. The highest BCUT2D eigenvalue weighted by molar-refractivity contribution is 7.92. The summed E-state index contributed by atoms with van der Waals surface area (Å²) >= 11 is 0. The fourth-order valence-corrected chi connectivity index (χ4v) is 10.9. The summed E-state index contributed by atoms with van der Waals surface area (Å²) in [7, 11) is -10.9. The van der Waals surface area contributed by atoms with Crippen molar-refractivity contribution in [2.45, 2.75) is 49.8 Å². The van der Waals surface area contributed by atoms with E-state index in [0.717, 1.165) is 11.1 Å². The summed E-state index contributed by atoms with van der Waals surface area (Å²) < 4.78 is 77.5. The lowest BCUT2D eigenvalue weighted by Gasteiger charge is -2.44. The third-order valence-corrected chi connectivity index (χ3v) is 11.6. The van der Waals surface area contributed by atoms with Crippen LogP contribution >= 0.6 is 0 Å². The first kappa shape index (κ1) is 20.3. The molecule has 0 radical (unpaired) electrons. The van der Waals surface area contributed by atoms with Crippen molar-refractivity contribution in [1.82, 2.24) is 9.62 Å². The zero-order chi connectivity index (χ0) is 20.6. The molecule has 4 atom stereocenters. The Morgan fingerprint density at radius 1 is 0.821 bits per heavy atom. The van der Waals surface area contributed by atoms with Gasteiger partial charge in [-0.25, -0.2) is 25.3 Å². The standard InChI is InChI=1S/C17H24N2O6S3/c1-10-4-12(3)17(5-11(10)2)28(24,25)19-15-8-26(20,21)6-13(15)18-14-7-27(22,23)9-16(14)19/h4-5,13-16,18H,6-9H2,1-3H3/t13-,14-,15+,16+/m0/s1. The molecule has 0 saturated carbocycles. The van der Waals surface area contributed by atoms with E-state index in [9.17, 15) is 25.3 Å². The molecule has 28 heavy (non-hydrogen) atoms. The molecule has 0 aliphatic carbocycles. The van der Waals surface area contributed by atoms with Crippen LogP contribution in [-0.4, -0.2) is 76.7 Å². The van der Waals surface area contributed by atoms with Crippen molar-refractivity contribution in [2.75, 3.05) is 23.0 Å². The van der Waals surface area contributed by atoms with Gasteiger partial charge in [0.1, 0.15) is 0 Å². The third kappa shape index (κ3) is 3.20. The van der Waals surface area contributed by atoms with Crippen molar-refractivity contribution >= 4 is 29.7 Å². The maximum atomic E-state index is 13.7. The predicted molar refractivity (Wildman–Crippen MR) is 105 cm³/mol. The molecule has 3 heterocycles. The molecule has 1 N–H and O–H groups in total. The van der Waals surface area contributed by atoms with Gasteiger partial charge in [0.15, 0.2) is 19.7 Å². The molecule has 156 valence electrons. The number of hydrogen-bond acceptors (Lipinski definition) is 7. The summed E-state index contributed by atoms with van der Waals surface area (Å²) in [6.07, 6.45) is 0. The predicted octanol–water partition coefficient (Wildman–Crippen LogP) is -0.463. The van der Waals surface area contributed by atoms with E-state index in [0.29, 0.717) is 5.56 Å². The van der Waals surface area contributed by atoms with Crippen LogP contribution in [0.1, 0.15) is 16.7 Å². The number of sulfone groups is 2. The quantitative estimate of drug-likeness (QED) is 0.650. The molecule has 3 saturated heterocycles. The van der Waals surface area contributed by atoms with Crippen molar-refractivity contribution in [2.24, 2.45) is 0 Å². The molecule has 4 rings (SSSR count). The van der Waals surface area contributed by atoms with Crippen molar-refractivity contribution < 1.29 is 25.3 Å². The van der Waals surface area contributed by atoms with Gasteiger partial charge >= 0.3 is 0 Å². The summed E-state index contributed by atoms with van der Waals surface area (Å²) in [5.41, 5.74) is 2.33. The number of hydrogen-bond donors (Lipinski definition) is 1. The summed E-state index contributed by atoms with van der Waals surface area (Å²) in [6.45, 7) is 5.41. The lowest BCUT2D eigenvalue weighted by molar-refractivity contribution is 0.160. The Hall–Kier alpha value is -1.01. The molecule has 0 aromatic heterocycles. The van der Waals surface area contributed by atoms with Crippen molar-refractivity contribution in [3.63, 3.8) is 0 Å². The van der Waals surface area contributed by atoms with Crippen LogP contribution in [-0.2, 0) is 29.7 Å². The highest BCUT2D eigenvalue weighted by Gasteiger charge is 2.57. The largest absolute Gasteiger partial charge is 0.306 e. The lowest BCUT2D eigenvalue weighted by Crippen LogP contribution is -2.67. The van der Waals surface area contributed by atoms with Crippen molar-refractivity contribution in [3.05, 3.63) is 28.8 Å². The maximum absolute atomic E-state index is 13.7. The van der Waals surface area contributed by atoms with Gasteiger partial charge in [0.2, 0.25) is 10.0 Å². The van der Waals surface area contributed by atoms with Crippen LogP contribution in [0.2, 0.25) is 0 Å². The van der Waals surface area contributed by atoms with Crippen LogP contribution in [0, 0.1) is 20.8 Å². The molecule has 3 fully saturated rings. The zero-order valence-corrected chi connectivity index (χ0v) is 18.4. The summed E-state index contributed by atoms with van der Waals surface area (Å²) in [6, 6.07) is 0.591. The molecule has 3 aliphatic heterocycles. The Morgan fingerprint density at radius 3 is 1.79 bits per heavy atom. The smallest absolute Gasteiger partial charge is 0.244 e. The second-order valence-corrected chi connectivity index (χ2v) is 14.3. The van der Waals surface area contributed by atoms with Crippen LogP contribution in [0.3, 0.4) is 0 Å². The molecule has 11 heteroatoms. The summed E-state index contributed by atoms with van der Waals surface area (Å²) in [5.74, 6) is -0.953. The Morgan fingerprint density at radius 2 is 1.29 bits per heavy atom. The van der Waals surface area contributed by atoms with Gasteiger partial charge in [0, 0.05) is 12.1 Å². The van der Waals surface area contributed by atoms with E-state index in [-0.39, 0.29) is 27.9 Å². The number of nitrogens with zero attached hydrogens (tertiary/aromatic N) is 1. The highest BCUT2D eigenvalue weighted by atomic mass is 32.2. The zero-order valence-electron chi connectivity index (χ0n) is 15.9. The maximum Gasteiger partial charge on any atom is 0.244 e. The first-order valence-corrected chi connectivity index (χ1v) is 14.2. The topological polar surface area (TPSA) is 118 Å². The number of sulfonamides is 1. The number of nitrogens with one attached hydrogen (secondary N) is 1. The minimum atomic E-state index is -4.08. The third-order valence-electron chi connectivity index (χ3n) is 6.07. The Bertz CT molecular complexity index is 1110. The second kappa shape index (κ2) is 6.24. The van der Waals surface area contributed by atoms with E-state index in [4.69, 9.17) is 0 Å². The minimum Gasteiger partial charge on any atom is -0.306 e. The van der Waals surface area contributed by atoms with E-state index < -0.39 is 53.9 Å². The molecule has 1 aromatic rings. The molecular formula is C17H24N2O6S3. The number of aryl methyl sites for hydroxylation is 3. The Balaban J connectivity index is 1.87. The van der Waals surface area contributed by atoms with Crippen LogP contribution < -0.4 is 5.32 Å². The van der Waals surface area contributed by atoms with Crippen molar-refractivity contribution in [3.8, 4) is 0 Å². The normalized spacial score (nSPS) is 34.1. The lowest BCUT2D eigenvalue weighted by atomic mass is 10.0. The van der Waals surface area contributed by atoms with Gasteiger partial charge in [0.05, 0.1) is 40.0 Å². The van der Waals surface area contributed by atoms with Crippen LogP contribution in [0.5, 0.6) is 0 Å². The van der Waals surface area contributed by atoms with E-state index in [2.05, 4.69) is 5.32 Å². The average molecular weight is 449 g/mol. The van der Waals surface area contributed by atoms with Gasteiger partial charge in [-0.3, -0.25) is 0 Å². The molecular weight excluding hydrogens is 424 g/mol. The van der Waals surface area contributed by atoms with E-state index in [1.165, 1.54) is 4.31 Å². The number of benzene rings is 1. The Labute approximate surface area is 166 Å². The van der Waals surface area contributed by atoms with Gasteiger partial charge < -0.3 is 5.32 Å². The van der Waals surface area contributed by atoms with Gasteiger partial charge in [0.25, 0.3) is 0 Å². The summed E-state index contributed by atoms with van der Waals surface area (Å²) in [5, 5.41) is 3.11. The molecule has 0 unspecified atom stereocenters. The van der Waals surface area contributed by atoms with Gasteiger partial charge in [-0.2, -0.15) is 4.31 Å². The minimum absolute atomic E-state index is 0.114. The second-order valence-electron chi connectivity index (χ2n) is 8.21. The van der Waals surface area contributed by atoms with Crippen molar-refractivity contribution in [1.29, 1.82) is 0 Å². The van der Waals surface area contributed by atoms with E-state index in [1.807, 2.05) is 13.8 Å². The number of piperazine rings is 1. The SMILES string of the molecule is Cc1cc(C)c(S(=O)(=O)N2[C@@H]3CS(=O)(=O)C[C@@H]3N[C@H]3CS(=O)(=O)C[C@H]32)cc1C. The van der Waals surface area contributed by atoms with Crippen LogP contribution in [0.25, 0.3) is 0 Å². The van der Waals surface area contributed by atoms with Crippen LogP contribution in [0.4, 0.5) is 0 Å². The monoisotopic (exact) mass is 448 g/mol. The molecule has 0 spiro atoms. The molecule has 0 amide bonds. The van der Waals surface area contributed by atoms with E-state index in [1.54, 1.807) is 19.1 Å². The fraction of sp³-hybridized carbons (Fsp3) is 0.647. The fourth-order valence-electron chi connectivity index (χ4n) is 4.68. The summed E-state index contributed by atoms with van der Waals surface area (Å²) in [4.78, 5) is 0.114. The van der Waals surface area contributed by atoms with Gasteiger partial charge in [-0.1, -0.05) is 6.07 Å². The molecule has 8 nitrogen and oxygen atoms in total. The highest BCUT2D eigenvalue weighted by Crippen LogP contribution is 2.37. The van der Waals surface area contributed by atoms with Gasteiger partial charge in [-0.05, 0) is 43.5 Å². The number of fused-ring (bicyclic) bond motifs is 2.